The Bertz CT molecular complexity index is 399. The fourth-order valence-electron chi connectivity index (χ4n) is 1.89. The van der Waals surface area contributed by atoms with E-state index >= 15 is 0 Å². The summed E-state index contributed by atoms with van der Waals surface area (Å²) in [5.41, 5.74) is 4.86. The molecule has 0 fully saturated rings. The summed E-state index contributed by atoms with van der Waals surface area (Å²) in [5.74, 6) is 0. The zero-order chi connectivity index (χ0) is 9.97. The highest BCUT2D eigenvalue weighted by molar-refractivity contribution is 5.76. The van der Waals surface area contributed by atoms with Crippen LogP contribution in [0.4, 0.5) is 0 Å². The molecule has 1 nitrogen and oxygen atoms in total. The van der Waals surface area contributed by atoms with Crippen molar-refractivity contribution in [2.24, 2.45) is 0 Å². The summed E-state index contributed by atoms with van der Waals surface area (Å²) in [7, 11) is 0. The highest BCUT2D eigenvalue weighted by atomic mass is 16.3. The lowest BCUT2D eigenvalue weighted by atomic mass is 9.97. The zero-order valence-corrected chi connectivity index (χ0v) is 8.33. The van der Waals surface area contributed by atoms with E-state index in [9.17, 15) is 5.11 Å². The molecular formula is C13H14O. The lowest BCUT2D eigenvalue weighted by Gasteiger charge is -2.09. The molecule has 0 heterocycles. The monoisotopic (exact) mass is 186 g/mol. The van der Waals surface area contributed by atoms with E-state index in [0.29, 0.717) is 0 Å². The molecule has 1 heteroatoms. The summed E-state index contributed by atoms with van der Waals surface area (Å²) >= 11 is 0. The van der Waals surface area contributed by atoms with Gasteiger partial charge in [0.1, 0.15) is 0 Å². The summed E-state index contributed by atoms with van der Waals surface area (Å²) in [5, 5.41) is 9.22. The van der Waals surface area contributed by atoms with E-state index < -0.39 is 0 Å². The van der Waals surface area contributed by atoms with Gasteiger partial charge in [-0.25, -0.2) is 0 Å². The standard InChI is InChI=1S/C13H14O/c1-10-5-4-8-12(10)13-7-3-2-6-11(13)9-14/h2-7,14H,8-9H2,1H3. The summed E-state index contributed by atoms with van der Waals surface area (Å²) in [6, 6.07) is 8.05. The third-order valence-electron chi connectivity index (χ3n) is 2.68. The zero-order valence-electron chi connectivity index (χ0n) is 8.33. The van der Waals surface area contributed by atoms with Crippen LogP contribution < -0.4 is 0 Å². The molecule has 0 saturated heterocycles. The van der Waals surface area contributed by atoms with Crippen molar-refractivity contribution in [2.75, 3.05) is 0 Å². The summed E-state index contributed by atoms with van der Waals surface area (Å²) in [6.07, 6.45) is 5.30. The number of allylic oxidation sites excluding steroid dienone is 4. The Kier molecular flexibility index (Phi) is 2.51. The number of aliphatic hydroxyl groups excluding tert-OH is 1. The second kappa shape index (κ2) is 3.81. The Hall–Kier alpha value is -1.34. The minimum atomic E-state index is 0.118. The number of benzene rings is 1. The maximum absolute atomic E-state index is 9.22. The van der Waals surface area contributed by atoms with E-state index in [2.05, 4.69) is 25.1 Å². The van der Waals surface area contributed by atoms with Crippen LogP contribution in [-0.2, 0) is 6.61 Å². The van der Waals surface area contributed by atoms with Crippen LogP contribution in [0.2, 0.25) is 0 Å². The predicted octanol–water partition coefficient (Wildman–Crippen LogP) is 2.91. The van der Waals surface area contributed by atoms with Crippen LogP contribution in [0.1, 0.15) is 24.5 Å². The third kappa shape index (κ3) is 1.51. The fourth-order valence-corrected chi connectivity index (χ4v) is 1.89. The molecule has 72 valence electrons. The Morgan fingerprint density at radius 2 is 2.07 bits per heavy atom. The van der Waals surface area contributed by atoms with E-state index in [-0.39, 0.29) is 6.61 Å². The van der Waals surface area contributed by atoms with Gasteiger partial charge in [0.15, 0.2) is 0 Å². The van der Waals surface area contributed by atoms with Gasteiger partial charge in [-0.15, -0.1) is 0 Å². The van der Waals surface area contributed by atoms with Crippen molar-refractivity contribution in [3.63, 3.8) is 0 Å². The van der Waals surface area contributed by atoms with Crippen molar-refractivity contribution in [2.45, 2.75) is 20.0 Å². The smallest absolute Gasteiger partial charge is 0.0687 e. The molecule has 1 aromatic carbocycles. The molecule has 0 aliphatic heterocycles. The van der Waals surface area contributed by atoms with Crippen molar-refractivity contribution in [3.05, 3.63) is 53.1 Å². The second-order valence-electron chi connectivity index (χ2n) is 3.58. The van der Waals surface area contributed by atoms with Crippen LogP contribution in [0.5, 0.6) is 0 Å². The first-order chi connectivity index (χ1) is 6.83. The molecule has 2 rings (SSSR count). The molecule has 0 spiro atoms. The molecule has 14 heavy (non-hydrogen) atoms. The van der Waals surface area contributed by atoms with Gasteiger partial charge in [0.05, 0.1) is 6.61 Å². The van der Waals surface area contributed by atoms with Gasteiger partial charge >= 0.3 is 0 Å². The molecule has 0 aromatic heterocycles. The van der Waals surface area contributed by atoms with Crippen LogP contribution in [0.3, 0.4) is 0 Å². The molecule has 0 amide bonds. The number of hydrogen-bond acceptors (Lipinski definition) is 1. The fraction of sp³-hybridized carbons (Fsp3) is 0.231. The highest BCUT2D eigenvalue weighted by Gasteiger charge is 2.10. The predicted molar refractivity (Wildman–Crippen MR) is 58.7 cm³/mol. The highest BCUT2D eigenvalue weighted by Crippen LogP contribution is 2.30. The molecule has 0 atom stereocenters. The van der Waals surface area contributed by atoms with Gasteiger partial charge < -0.3 is 5.11 Å². The number of hydrogen-bond donors (Lipinski definition) is 1. The van der Waals surface area contributed by atoms with Crippen LogP contribution >= 0.6 is 0 Å². The molecule has 1 aromatic rings. The van der Waals surface area contributed by atoms with E-state index in [4.69, 9.17) is 0 Å². The van der Waals surface area contributed by atoms with Gasteiger partial charge in [0, 0.05) is 0 Å². The quantitative estimate of drug-likeness (QED) is 0.753. The summed E-state index contributed by atoms with van der Waals surface area (Å²) < 4.78 is 0. The van der Waals surface area contributed by atoms with E-state index in [1.165, 1.54) is 16.7 Å². The molecule has 0 radical (unpaired) electrons. The van der Waals surface area contributed by atoms with Crippen LogP contribution in [-0.4, -0.2) is 5.11 Å². The molecule has 1 N–H and O–H groups in total. The third-order valence-corrected chi connectivity index (χ3v) is 2.68. The Morgan fingerprint density at radius 1 is 1.29 bits per heavy atom. The first-order valence-electron chi connectivity index (χ1n) is 4.88. The normalized spacial score (nSPS) is 15.3. The molecule has 0 saturated carbocycles. The first kappa shape index (κ1) is 9.22. The minimum absolute atomic E-state index is 0.118. The molecule has 0 bridgehead atoms. The molecular weight excluding hydrogens is 172 g/mol. The maximum atomic E-state index is 9.22. The number of aliphatic hydroxyl groups is 1. The van der Waals surface area contributed by atoms with Gasteiger partial charge in [0.2, 0.25) is 0 Å². The average molecular weight is 186 g/mol. The van der Waals surface area contributed by atoms with Gasteiger partial charge in [-0.1, -0.05) is 36.4 Å². The number of rotatable bonds is 2. The Labute approximate surface area is 84.4 Å². The Balaban J connectivity index is 2.47. The van der Waals surface area contributed by atoms with Crippen LogP contribution in [0.25, 0.3) is 5.57 Å². The maximum Gasteiger partial charge on any atom is 0.0687 e. The van der Waals surface area contributed by atoms with E-state index in [0.717, 1.165) is 12.0 Å². The average Bonchev–Trinajstić information content (AvgIpc) is 2.64. The van der Waals surface area contributed by atoms with Crippen LogP contribution in [0.15, 0.2) is 42.0 Å². The van der Waals surface area contributed by atoms with Crippen LogP contribution in [0, 0.1) is 0 Å². The largest absolute Gasteiger partial charge is 0.392 e. The summed E-state index contributed by atoms with van der Waals surface area (Å²) in [6.45, 7) is 2.24. The first-order valence-corrected chi connectivity index (χ1v) is 4.88. The second-order valence-corrected chi connectivity index (χ2v) is 3.58. The van der Waals surface area contributed by atoms with Crippen molar-refractivity contribution >= 4 is 5.57 Å². The van der Waals surface area contributed by atoms with Crippen molar-refractivity contribution in [1.29, 1.82) is 0 Å². The van der Waals surface area contributed by atoms with Gasteiger partial charge in [0.25, 0.3) is 0 Å². The van der Waals surface area contributed by atoms with Crippen molar-refractivity contribution < 1.29 is 5.11 Å². The minimum Gasteiger partial charge on any atom is -0.392 e. The van der Waals surface area contributed by atoms with Gasteiger partial charge in [-0.05, 0) is 35.6 Å². The summed E-state index contributed by atoms with van der Waals surface area (Å²) in [4.78, 5) is 0. The lowest BCUT2D eigenvalue weighted by Crippen LogP contribution is -1.92. The molecule has 0 unspecified atom stereocenters. The van der Waals surface area contributed by atoms with E-state index in [1.54, 1.807) is 0 Å². The van der Waals surface area contributed by atoms with E-state index in [1.807, 2.05) is 18.2 Å². The molecule has 1 aliphatic carbocycles. The van der Waals surface area contributed by atoms with Gasteiger partial charge in [-0.2, -0.15) is 0 Å². The van der Waals surface area contributed by atoms with Gasteiger partial charge in [-0.3, -0.25) is 0 Å². The SMILES string of the molecule is CC1=C(c2ccccc2CO)CC=C1. The van der Waals surface area contributed by atoms with Crippen molar-refractivity contribution in [3.8, 4) is 0 Å². The van der Waals surface area contributed by atoms with Crippen molar-refractivity contribution in [1.82, 2.24) is 0 Å². The Morgan fingerprint density at radius 3 is 2.71 bits per heavy atom. The molecule has 1 aliphatic rings. The topological polar surface area (TPSA) is 20.2 Å². The lowest BCUT2D eigenvalue weighted by molar-refractivity contribution is 0.281.